The predicted octanol–water partition coefficient (Wildman–Crippen LogP) is 10.7. The molecular formula is C42H41N3O4. The molecule has 0 aliphatic heterocycles. The van der Waals surface area contributed by atoms with E-state index in [-0.39, 0.29) is 6.29 Å². The van der Waals surface area contributed by atoms with Crippen LogP contribution in [0, 0.1) is 0 Å². The maximum Gasteiger partial charge on any atom is 0.170 e. The summed E-state index contributed by atoms with van der Waals surface area (Å²) in [5, 5.41) is 7.12. The van der Waals surface area contributed by atoms with E-state index in [2.05, 4.69) is 81.6 Å². The number of aromatic amines is 2. The van der Waals surface area contributed by atoms with Gasteiger partial charge in [-0.2, -0.15) is 0 Å². The molecule has 9 rings (SSSR count). The molecule has 0 saturated carbocycles. The molecule has 0 spiro atoms. The SMILES string of the molecule is CCOC(CN(C)C)OCC.c1ccc2[nH]c(-c3cc4ccccc4o3)cc2c1.c1ccc2c(c1)[nH]c1c2ccc2c3ccccc3oc21. The van der Waals surface area contributed by atoms with Gasteiger partial charge in [0.1, 0.15) is 11.2 Å². The summed E-state index contributed by atoms with van der Waals surface area (Å²) in [6, 6.07) is 41.4. The molecule has 0 unspecified atom stereocenters. The summed E-state index contributed by atoms with van der Waals surface area (Å²) >= 11 is 0. The summed E-state index contributed by atoms with van der Waals surface area (Å²) < 4.78 is 22.6. The second-order valence-electron chi connectivity index (χ2n) is 12.2. The third kappa shape index (κ3) is 6.82. The van der Waals surface area contributed by atoms with Crippen LogP contribution >= 0.6 is 0 Å². The van der Waals surface area contributed by atoms with Gasteiger partial charge in [0.25, 0.3) is 0 Å². The zero-order chi connectivity index (χ0) is 33.7. The van der Waals surface area contributed by atoms with Gasteiger partial charge in [0.2, 0.25) is 0 Å². The lowest BCUT2D eigenvalue weighted by Gasteiger charge is -2.20. The second kappa shape index (κ2) is 14.4. The highest BCUT2D eigenvalue weighted by Crippen LogP contribution is 2.36. The van der Waals surface area contributed by atoms with Gasteiger partial charge in [0.15, 0.2) is 17.6 Å². The van der Waals surface area contributed by atoms with Gasteiger partial charge in [-0.15, -0.1) is 0 Å². The third-order valence-electron chi connectivity index (χ3n) is 8.46. The number of furan rings is 2. The van der Waals surface area contributed by atoms with Gasteiger partial charge in [0, 0.05) is 63.1 Å². The number of hydrogen-bond donors (Lipinski definition) is 2. The summed E-state index contributed by atoms with van der Waals surface area (Å²) in [6.07, 6.45) is -0.0694. The molecule has 9 aromatic rings. The van der Waals surface area contributed by atoms with E-state index in [1.165, 1.54) is 26.9 Å². The van der Waals surface area contributed by atoms with E-state index >= 15 is 0 Å². The summed E-state index contributed by atoms with van der Waals surface area (Å²) in [6.45, 7) is 6.18. The normalized spacial score (nSPS) is 11.6. The zero-order valence-corrected chi connectivity index (χ0v) is 28.3. The quantitative estimate of drug-likeness (QED) is 0.168. The zero-order valence-electron chi connectivity index (χ0n) is 28.3. The number of rotatable bonds is 7. The van der Waals surface area contributed by atoms with Crippen LogP contribution in [-0.4, -0.2) is 55.0 Å². The number of fused-ring (bicyclic) bond motifs is 9. The lowest BCUT2D eigenvalue weighted by molar-refractivity contribution is -0.143. The van der Waals surface area contributed by atoms with Gasteiger partial charge in [-0.3, -0.25) is 0 Å². The van der Waals surface area contributed by atoms with Crippen LogP contribution in [0.3, 0.4) is 0 Å². The molecule has 0 aliphatic carbocycles. The van der Waals surface area contributed by atoms with Crippen molar-refractivity contribution < 1.29 is 18.3 Å². The number of hydrogen-bond acceptors (Lipinski definition) is 5. The molecule has 0 bridgehead atoms. The molecular weight excluding hydrogens is 610 g/mol. The van der Waals surface area contributed by atoms with E-state index in [0.29, 0.717) is 13.2 Å². The van der Waals surface area contributed by atoms with Gasteiger partial charge in [-0.25, -0.2) is 0 Å². The van der Waals surface area contributed by atoms with Crippen LogP contribution in [0.25, 0.3) is 77.1 Å². The van der Waals surface area contributed by atoms with Crippen LogP contribution in [0.4, 0.5) is 0 Å². The highest BCUT2D eigenvalue weighted by atomic mass is 16.7. The van der Waals surface area contributed by atoms with Crippen molar-refractivity contribution in [2.24, 2.45) is 0 Å². The Balaban J connectivity index is 0.000000122. The van der Waals surface area contributed by atoms with Crippen LogP contribution < -0.4 is 0 Å². The first-order valence-electron chi connectivity index (χ1n) is 16.8. The molecule has 2 N–H and O–H groups in total. The average Bonchev–Trinajstić information content (AvgIpc) is 3.90. The summed E-state index contributed by atoms with van der Waals surface area (Å²) in [4.78, 5) is 8.92. The highest BCUT2D eigenvalue weighted by molar-refractivity contribution is 6.20. The Morgan fingerprint density at radius 2 is 1.22 bits per heavy atom. The fourth-order valence-electron chi connectivity index (χ4n) is 6.24. The Morgan fingerprint density at radius 1 is 0.592 bits per heavy atom. The molecule has 5 aromatic carbocycles. The number of nitrogens with zero attached hydrogens (tertiary/aromatic N) is 1. The lowest BCUT2D eigenvalue weighted by Crippen LogP contribution is -2.30. The van der Waals surface area contributed by atoms with E-state index in [1.54, 1.807) is 0 Å². The molecule has 4 heterocycles. The minimum Gasteiger partial charge on any atom is -0.455 e. The maximum absolute atomic E-state index is 6.06. The first-order chi connectivity index (χ1) is 24.0. The molecule has 0 radical (unpaired) electrons. The molecule has 0 amide bonds. The fraction of sp³-hybridized carbons (Fsp3) is 0.190. The predicted molar refractivity (Wildman–Crippen MR) is 202 cm³/mol. The maximum atomic E-state index is 6.06. The van der Waals surface area contributed by atoms with Crippen LogP contribution in [0.5, 0.6) is 0 Å². The molecule has 7 nitrogen and oxygen atoms in total. The smallest absolute Gasteiger partial charge is 0.170 e. The molecule has 49 heavy (non-hydrogen) atoms. The summed E-state index contributed by atoms with van der Waals surface area (Å²) in [7, 11) is 4.01. The van der Waals surface area contributed by atoms with Crippen molar-refractivity contribution >= 4 is 65.6 Å². The van der Waals surface area contributed by atoms with Crippen LogP contribution in [-0.2, 0) is 9.47 Å². The number of para-hydroxylation sites is 4. The van der Waals surface area contributed by atoms with Gasteiger partial charge in [-0.1, -0.05) is 78.9 Å². The van der Waals surface area contributed by atoms with Gasteiger partial charge >= 0.3 is 0 Å². The molecule has 0 fully saturated rings. The first-order valence-corrected chi connectivity index (χ1v) is 16.8. The van der Waals surface area contributed by atoms with Crippen molar-refractivity contribution in [3.8, 4) is 11.5 Å². The number of likely N-dealkylation sites (N-methyl/N-ethyl adjacent to an activating group) is 1. The molecule has 4 aromatic heterocycles. The Hall–Kier alpha value is -5.34. The average molecular weight is 652 g/mol. The van der Waals surface area contributed by atoms with Gasteiger partial charge < -0.3 is 33.2 Å². The monoisotopic (exact) mass is 651 g/mol. The van der Waals surface area contributed by atoms with E-state index in [4.69, 9.17) is 18.3 Å². The van der Waals surface area contributed by atoms with Crippen LogP contribution in [0.15, 0.2) is 130 Å². The first kappa shape index (κ1) is 32.2. The largest absolute Gasteiger partial charge is 0.455 e. The van der Waals surface area contributed by atoms with Crippen LogP contribution in [0.2, 0.25) is 0 Å². The number of ether oxygens (including phenoxy) is 2. The standard InChI is InChI=1S/C18H11NO.C16H11NO.C8H19NO2/c1-3-7-15-11(5-1)13-9-10-14-12-6-2-4-8-16(12)20-18(14)17(13)19-15;1-3-7-13-11(5-1)9-14(17-13)16-10-12-6-2-4-8-15(12)18-16;1-5-10-8(11-6-2)7-9(3)4/h1-10,19H;1-10,17H;8H,5-7H2,1-4H3. The number of nitrogens with one attached hydrogen (secondary N) is 2. The van der Waals surface area contributed by atoms with Gasteiger partial charge in [-0.05, 0) is 70.4 Å². The van der Waals surface area contributed by atoms with Crippen molar-refractivity contribution in [1.82, 2.24) is 14.9 Å². The Kier molecular flexibility index (Phi) is 9.48. The molecule has 0 aliphatic rings. The molecule has 0 atom stereocenters. The molecule has 0 saturated heterocycles. The lowest BCUT2D eigenvalue weighted by atomic mass is 10.1. The minimum atomic E-state index is -0.0694. The molecule has 248 valence electrons. The third-order valence-corrected chi connectivity index (χ3v) is 8.46. The topological polar surface area (TPSA) is 79.6 Å². The van der Waals surface area contributed by atoms with Crippen molar-refractivity contribution in [2.45, 2.75) is 20.1 Å². The number of H-pyrrole nitrogens is 2. The van der Waals surface area contributed by atoms with E-state index in [9.17, 15) is 0 Å². The Bertz CT molecular complexity index is 2230. The highest BCUT2D eigenvalue weighted by Gasteiger charge is 2.13. The number of benzene rings is 5. The summed E-state index contributed by atoms with van der Waals surface area (Å²) in [5.41, 5.74) is 7.19. The van der Waals surface area contributed by atoms with Crippen molar-refractivity contribution in [3.05, 3.63) is 121 Å². The number of aromatic nitrogens is 2. The van der Waals surface area contributed by atoms with Crippen LogP contribution in [0.1, 0.15) is 13.8 Å². The van der Waals surface area contributed by atoms with Gasteiger partial charge in [0.05, 0.1) is 11.2 Å². The van der Waals surface area contributed by atoms with E-state index in [0.717, 1.165) is 56.7 Å². The summed E-state index contributed by atoms with van der Waals surface area (Å²) in [5.74, 6) is 0.882. The van der Waals surface area contributed by atoms with E-state index < -0.39 is 0 Å². The fourth-order valence-corrected chi connectivity index (χ4v) is 6.24. The second-order valence-corrected chi connectivity index (χ2v) is 12.2. The van der Waals surface area contributed by atoms with Crippen molar-refractivity contribution in [2.75, 3.05) is 33.9 Å². The Labute approximate surface area is 285 Å². The Morgan fingerprint density at radius 3 is 1.94 bits per heavy atom. The molecule has 7 heteroatoms. The van der Waals surface area contributed by atoms with E-state index in [1.807, 2.05) is 82.5 Å². The van der Waals surface area contributed by atoms with Crippen molar-refractivity contribution in [3.63, 3.8) is 0 Å². The minimum absolute atomic E-state index is 0.0694. The van der Waals surface area contributed by atoms with Crippen molar-refractivity contribution in [1.29, 1.82) is 0 Å².